The minimum absolute atomic E-state index is 0.0563. The number of fused-ring (bicyclic) bond motifs is 1. The molecule has 7 N–H and O–H groups in total. The van der Waals surface area contributed by atoms with Crippen molar-refractivity contribution in [2.24, 2.45) is 0 Å². The second-order valence-corrected chi connectivity index (χ2v) is 13.4. The van der Waals surface area contributed by atoms with Gasteiger partial charge in [-0.25, -0.2) is 9.48 Å². The summed E-state index contributed by atoms with van der Waals surface area (Å²) in [6.07, 6.45) is -0.0980. The van der Waals surface area contributed by atoms with E-state index in [-0.39, 0.29) is 41.8 Å². The quantitative estimate of drug-likeness (QED) is 0.103. The van der Waals surface area contributed by atoms with Crippen LogP contribution in [0.2, 0.25) is 5.28 Å². The summed E-state index contributed by atoms with van der Waals surface area (Å²) >= 11 is 6.20. The SMILES string of the molecule is O=C(O)c1ccccc1CCCC(CO)(OC[C@H]1O[C@@H](n2ncc3c(NC4CCCC4)nc(Cl)nc32)[C@H](O)[C@@H]1O)P(=O)(O)O. The van der Waals surface area contributed by atoms with E-state index in [2.05, 4.69) is 20.4 Å². The molecule has 1 aliphatic heterocycles. The first-order valence-electron chi connectivity index (χ1n) is 14.2. The van der Waals surface area contributed by atoms with Crippen LogP contribution in [0.4, 0.5) is 5.82 Å². The van der Waals surface area contributed by atoms with Crippen LogP contribution in [0, 0.1) is 0 Å². The lowest BCUT2D eigenvalue weighted by molar-refractivity contribution is -0.112. The fourth-order valence-corrected chi connectivity index (χ4v) is 6.83. The average Bonchev–Trinajstić information content (AvgIpc) is 3.71. The van der Waals surface area contributed by atoms with Gasteiger partial charge in [0, 0.05) is 6.04 Å². The molecule has 0 radical (unpaired) electrons. The zero-order valence-electron chi connectivity index (χ0n) is 23.6. The fourth-order valence-electron chi connectivity index (χ4n) is 5.79. The first-order valence-corrected chi connectivity index (χ1v) is 16.2. The summed E-state index contributed by atoms with van der Waals surface area (Å²) in [7, 11) is -5.12. The van der Waals surface area contributed by atoms with Crippen LogP contribution in [0.15, 0.2) is 30.5 Å². The van der Waals surface area contributed by atoms with Crippen molar-refractivity contribution >= 4 is 42.0 Å². The van der Waals surface area contributed by atoms with Gasteiger partial charge in [-0.1, -0.05) is 31.0 Å². The maximum Gasteiger partial charge on any atom is 0.359 e. The van der Waals surface area contributed by atoms with Gasteiger partial charge in [-0.3, -0.25) is 4.57 Å². The van der Waals surface area contributed by atoms with Gasteiger partial charge in [0.15, 0.2) is 17.2 Å². The van der Waals surface area contributed by atoms with Crippen molar-refractivity contribution in [3.8, 4) is 0 Å². The first-order chi connectivity index (χ1) is 20.9. The van der Waals surface area contributed by atoms with Gasteiger partial charge < -0.3 is 45.0 Å². The highest BCUT2D eigenvalue weighted by Crippen LogP contribution is 2.54. The average molecular weight is 656 g/mol. The van der Waals surface area contributed by atoms with Crippen LogP contribution in [0.25, 0.3) is 11.0 Å². The Balaban J connectivity index is 1.30. The normalized spacial score (nSPS) is 24.1. The number of hydrogen-bond donors (Lipinski definition) is 7. The number of ether oxygens (including phenoxy) is 2. The molecule has 1 saturated carbocycles. The summed E-state index contributed by atoms with van der Waals surface area (Å²) in [5.41, 5.74) is 0.751. The molecule has 0 bridgehead atoms. The highest BCUT2D eigenvalue weighted by atomic mass is 35.5. The van der Waals surface area contributed by atoms with E-state index in [1.54, 1.807) is 18.2 Å². The number of benzene rings is 1. The molecule has 2 fully saturated rings. The van der Waals surface area contributed by atoms with E-state index in [1.165, 1.54) is 16.9 Å². The number of rotatable bonds is 13. The first kappa shape index (κ1) is 32.7. The Morgan fingerprint density at radius 3 is 2.59 bits per heavy atom. The number of carboxylic acids is 1. The van der Waals surface area contributed by atoms with E-state index in [0.29, 0.717) is 16.8 Å². The third-order valence-electron chi connectivity index (χ3n) is 8.26. The van der Waals surface area contributed by atoms with Gasteiger partial charge in [-0.05, 0) is 55.3 Å². The number of aromatic carboxylic acids is 1. The van der Waals surface area contributed by atoms with Gasteiger partial charge in [0.05, 0.1) is 30.4 Å². The van der Waals surface area contributed by atoms with E-state index in [9.17, 15) is 39.6 Å². The Hall–Kier alpha value is -2.72. The smallest absolute Gasteiger partial charge is 0.359 e. The number of aliphatic hydroxyl groups is 3. The summed E-state index contributed by atoms with van der Waals surface area (Å²) in [6.45, 7) is -1.67. The summed E-state index contributed by atoms with van der Waals surface area (Å²) in [6, 6.07) is 6.45. The number of aromatic nitrogens is 4. The van der Waals surface area contributed by atoms with Crippen LogP contribution in [0.5, 0.6) is 0 Å². The van der Waals surface area contributed by atoms with Crippen LogP contribution in [-0.2, 0) is 20.5 Å². The maximum absolute atomic E-state index is 12.6. The Bertz CT molecular complexity index is 1530. The van der Waals surface area contributed by atoms with Gasteiger partial charge in [0.2, 0.25) is 5.28 Å². The van der Waals surface area contributed by atoms with Gasteiger partial charge in [0.25, 0.3) is 0 Å². The number of nitrogens with zero attached hydrogens (tertiary/aromatic N) is 4. The van der Waals surface area contributed by atoms with E-state index < -0.39 is 56.7 Å². The van der Waals surface area contributed by atoms with Crippen molar-refractivity contribution < 1.29 is 49.0 Å². The molecule has 1 aliphatic carbocycles. The van der Waals surface area contributed by atoms with Gasteiger partial charge in [-0.15, -0.1) is 0 Å². The summed E-state index contributed by atoms with van der Waals surface area (Å²) in [5, 5.41) is 47.0. The largest absolute Gasteiger partial charge is 0.478 e. The second kappa shape index (κ2) is 13.3. The molecule has 17 heteroatoms. The van der Waals surface area contributed by atoms with Crippen LogP contribution in [0.3, 0.4) is 0 Å². The lowest BCUT2D eigenvalue weighted by Gasteiger charge is -2.33. The topological polar surface area (TPSA) is 230 Å². The van der Waals surface area contributed by atoms with Gasteiger partial charge in [-0.2, -0.15) is 15.1 Å². The lowest BCUT2D eigenvalue weighted by Crippen LogP contribution is -2.42. The Morgan fingerprint density at radius 1 is 1.18 bits per heavy atom. The zero-order valence-corrected chi connectivity index (χ0v) is 25.2. The van der Waals surface area contributed by atoms with Crippen LogP contribution in [-0.4, -0.2) is 98.8 Å². The van der Waals surface area contributed by atoms with Gasteiger partial charge >= 0.3 is 13.6 Å². The molecule has 0 spiro atoms. The number of anilines is 1. The van der Waals surface area contributed by atoms with Crippen LogP contribution in [0.1, 0.15) is 60.7 Å². The van der Waals surface area contributed by atoms with Crippen molar-refractivity contribution in [2.45, 2.75) is 80.9 Å². The fraction of sp³-hybridized carbons (Fsp3) is 0.556. The molecule has 5 rings (SSSR count). The Morgan fingerprint density at radius 2 is 1.91 bits per heavy atom. The molecule has 1 saturated heterocycles. The molecule has 3 aromatic rings. The van der Waals surface area contributed by atoms with Crippen molar-refractivity contribution in [3.05, 3.63) is 46.9 Å². The zero-order chi connectivity index (χ0) is 31.6. The second-order valence-electron chi connectivity index (χ2n) is 11.1. The molecule has 3 heterocycles. The molecule has 2 aromatic heterocycles. The summed E-state index contributed by atoms with van der Waals surface area (Å²) in [5.74, 6) is -0.660. The predicted molar refractivity (Wildman–Crippen MR) is 156 cm³/mol. The lowest BCUT2D eigenvalue weighted by atomic mass is 10.0. The number of aliphatic hydroxyl groups excluding tert-OH is 3. The molecule has 240 valence electrons. The third kappa shape index (κ3) is 6.62. The highest BCUT2D eigenvalue weighted by Gasteiger charge is 2.51. The summed E-state index contributed by atoms with van der Waals surface area (Å²) < 4.78 is 25.3. The van der Waals surface area contributed by atoms with E-state index in [4.69, 9.17) is 21.1 Å². The molecule has 2 aliphatic rings. The Kier molecular flexibility index (Phi) is 9.90. The monoisotopic (exact) mass is 655 g/mol. The molecular formula is C27H35ClN5O10P. The van der Waals surface area contributed by atoms with E-state index in [1.807, 2.05) is 0 Å². The molecule has 5 atom stereocenters. The van der Waals surface area contributed by atoms with E-state index in [0.717, 1.165) is 25.7 Å². The van der Waals surface area contributed by atoms with Gasteiger partial charge in [0.1, 0.15) is 24.1 Å². The number of carbonyl (C=O) groups is 1. The number of aryl methyl sites for hydroxylation is 1. The van der Waals surface area contributed by atoms with Crippen molar-refractivity contribution in [1.82, 2.24) is 19.7 Å². The molecule has 0 amide bonds. The highest BCUT2D eigenvalue weighted by molar-refractivity contribution is 7.53. The minimum atomic E-state index is -5.12. The maximum atomic E-state index is 12.6. The molecule has 1 aromatic carbocycles. The van der Waals surface area contributed by atoms with Crippen molar-refractivity contribution in [1.29, 1.82) is 0 Å². The van der Waals surface area contributed by atoms with Crippen molar-refractivity contribution in [2.75, 3.05) is 18.5 Å². The third-order valence-corrected chi connectivity index (χ3v) is 9.98. The number of nitrogens with one attached hydrogen (secondary N) is 1. The number of hydrogen-bond acceptors (Lipinski definition) is 11. The standard InChI is InChI=1S/C27H35ClN5O10P/c28-26-31-22(30-16-8-2-3-9-16)18-12-29-33(23(18)32-26)24-21(36)20(35)19(43-24)13-42-27(14-34,44(39,40)41)11-5-7-15-6-1-4-10-17(15)25(37)38/h1,4,6,10,12,16,19-21,24,34-36H,2-3,5,7-9,11,13-14H2,(H,37,38)(H,30,31,32)(H2,39,40,41)/t19-,20-,21-,24-,27?/m1/s1. The number of carboxylic acid groups (broad SMARTS) is 1. The number of halogens is 1. The van der Waals surface area contributed by atoms with Crippen molar-refractivity contribution in [3.63, 3.8) is 0 Å². The molecule has 44 heavy (non-hydrogen) atoms. The van der Waals surface area contributed by atoms with Crippen LogP contribution < -0.4 is 5.32 Å². The van der Waals surface area contributed by atoms with E-state index >= 15 is 0 Å². The predicted octanol–water partition coefficient (Wildman–Crippen LogP) is 2.06. The Labute approximate surface area is 257 Å². The molecule has 15 nitrogen and oxygen atoms in total. The van der Waals surface area contributed by atoms with Crippen LogP contribution >= 0.6 is 19.2 Å². The molecular weight excluding hydrogens is 621 g/mol. The molecule has 1 unspecified atom stereocenters. The minimum Gasteiger partial charge on any atom is -0.478 e. The summed E-state index contributed by atoms with van der Waals surface area (Å²) in [4.78, 5) is 40.4.